The van der Waals surface area contributed by atoms with Crippen LogP contribution >= 0.6 is 0 Å². The maximum atomic E-state index is 12.3. The number of likely N-dealkylation sites (tertiary alicyclic amines) is 1. The van der Waals surface area contributed by atoms with E-state index in [1.54, 1.807) is 0 Å². The maximum absolute atomic E-state index is 12.3. The Bertz CT molecular complexity index is 391. The second-order valence-electron chi connectivity index (χ2n) is 6.94. The van der Waals surface area contributed by atoms with Crippen molar-refractivity contribution in [2.24, 2.45) is 5.41 Å². The zero-order valence-electron chi connectivity index (χ0n) is 13.2. The number of carboxylic acids is 1. The van der Waals surface area contributed by atoms with E-state index in [1.807, 2.05) is 0 Å². The fraction of sp³-hybridized carbons (Fsp3) is 0.875. The lowest BCUT2D eigenvalue weighted by molar-refractivity contribution is -0.154. The minimum Gasteiger partial charge on any atom is -0.481 e. The highest BCUT2D eigenvalue weighted by Crippen LogP contribution is 2.39. The van der Waals surface area contributed by atoms with Gasteiger partial charge in [0.05, 0.1) is 5.41 Å². The van der Waals surface area contributed by atoms with Gasteiger partial charge in [0.15, 0.2) is 0 Å². The summed E-state index contributed by atoms with van der Waals surface area (Å²) < 4.78 is 0. The maximum Gasteiger partial charge on any atom is 0.310 e. The van der Waals surface area contributed by atoms with E-state index in [-0.39, 0.29) is 18.4 Å². The van der Waals surface area contributed by atoms with Gasteiger partial charge in [-0.25, -0.2) is 0 Å². The molecule has 1 saturated carbocycles. The molecule has 5 heteroatoms. The summed E-state index contributed by atoms with van der Waals surface area (Å²) >= 11 is 0. The first-order valence-electron chi connectivity index (χ1n) is 8.16. The van der Waals surface area contributed by atoms with E-state index in [9.17, 15) is 14.7 Å². The largest absolute Gasteiger partial charge is 0.481 e. The normalized spacial score (nSPS) is 29.8. The third-order valence-corrected chi connectivity index (χ3v) is 5.34. The molecule has 2 atom stereocenters. The van der Waals surface area contributed by atoms with Crippen LogP contribution in [0.4, 0.5) is 0 Å². The number of amides is 1. The van der Waals surface area contributed by atoms with Crippen molar-refractivity contribution in [1.29, 1.82) is 0 Å². The second kappa shape index (κ2) is 6.77. The first-order valence-corrected chi connectivity index (χ1v) is 8.16. The van der Waals surface area contributed by atoms with E-state index in [1.165, 1.54) is 0 Å². The summed E-state index contributed by atoms with van der Waals surface area (Å²) in [6.07, 6.45) is 6.25. The molecule has 0 aromatic carbocycles. The number of nitrogens with zero attached hydrogens (tertiary/aromatic N) is 1. The van der Waals surface area contributed by atoms with Gasteiger partial charge in [0, 0.05) is 25.0 Å². The highest BCUT2D eigenvalue weighted by atomic mass is 16.4. The fourth-order valence-electron chi connectivity index (χ4n) is 3.70. The lowest BCUT2D eigenvalue weighted by Gasteiger charge is -2.37. The van der Waals surface area contributed by atoms with E-state index in [0.29, 0.717) is 18.9 Å². The highest BCUT2D eigenvalue weighted by Gasteiger charge is 2.41. The third-order valence-electron chi connectivity index (χ3n) is 5.34. The van der Waals surface area contributed by atoms with E-state index in [0.717, 1.165) is 38.6 Å². The molecule has 1 aliphatic heterocycles. The molecule has 0 aromatic heterocycles. The molecule has 0 radical (unpaired) electrons. The van der Waals surface area contributed by atoms with Crippen LogP contribution in [0.15, 0.2) is 0 Å². The smallest absolute Gasteiger partial charge is 0.310 e. The number of piperidine rings is 1. The summed E-state index contributed by atoms with van der Waals surface area (Å²) in [6.45, 7) is 3.15. The number of carbonyl (C=O) groups excluding carboxylic acids is 1. The Hall–Kier alpha value is -1.10. The SMILES string of the molecule is CC1CC(NC(=O)CC2(C(=O)O)CCCCC2)CCN1C. The lowest BCUT2D eigenvalue weighted by atomic mass is 9.71. The summed E-state index contributed by atoms with van der Waals surface area (Å²) in [5.74, 6) is -0.879. The lowest BCUT2D eigenvalue weighted by Crippen LogP contribution is -2.48. The summed E-state index contributed by atoms with van der Waals surface area (Å²) in [7, 11) is 2.10. The highest BCUT2D eigenvalue weighted by molar-refractivity contribution is 5.85. The second-order valence-corrected chi connectivity index (χ2v) is 6.94. The van der Waals surface area contributed by atoms with Crippen LogP contribution in [0, 0.1) is 5.41 Å². The molecule has 0 bridgehead atoms. The molecule has 1 saturated heterocycles. The Kier molecular flexibility index (Phi) is 5.25. The van der Waals surface area contributed by atoms with E-state index in [4.69, 9.17) is 0 Å². The summed E-state index contributed by atoms with van der Waals surface area (Å²) in [5, 5.41) is 12.6. The van der Waals surface area contributed by atoms with Crippen molar-refractivity contribution in [2.75, 3.05) is 13.6 Å². The molecule has 2 N–H and O–H groups in total. The van der Waals surface area contributed by atoms with E-state index in [2.05, 4.69) is 24.2 Å². The van der Waals surface area contributed by atoms with Crippen LogP contribution in [0.2, 0.25) is 0 Å². The first kappa shape index (κ1) is 16.3. The first-order chi connectivity index (χ1) is 9.93. The van der Waals surface area contributed by atoms with Crippen molar-refractivity contribution in [3.05, 3.63) is 0 Å². The van der Waals surface area contributed by atoms with Crippen LogP contribution in [0.1, 0.15) is 58.3 Å². The molecule has 2 unspecified atom stereocenters. The van der Waals surface area contributed by atoms with Crippen LogP contribution in [-0.4, -0.2) is 47.6 Å². The minimum absolute atomic E-state index is 0.0824. The zero-order valence-corrected chi connectivity index (χ0v) is 13.2. The van der Waals surface area contributed by atoms with Gasteiger partial charge in [-0.3, -0.25) is 9.59 Å². The molecule has 1 heterocycles. The van der Waals surface area contributed by atoms with Crippen molar-refractivity contribution >= 4 is 11.9 Å². The molecule has 1 aliphatic carbocycles. The third kappa shape index (κ3) is 3.96. The summed E-state index contributed by atoms with van der Waals surface area (Å²) in [4.78, 5) is 26.2. The van der Waals surface area contributed by atoms with Crippen molar-refractivity contribution in [3.8, 4) is 0 Å². The molecular weight excluding hydrogens is 268 g/mol. The van der Waals surface area contributed by atoms with Crippen LogP contribution in [-0.2, 0) is 9.59 Å². The van der Waals surface area contributed by atoms with E-state index < -0.39 is 11.4 Å². The molecule has 120 valence electrons. The molecular formula is C16H28N2O3. The standard InChI is InChI=1S/C16H28N2O3/c1-12-10-13(6-9-18(12)2)17-14(19)11-16(15(20)21)7-4-3-5-8-16/h12-13H,3-11H2,1-2H3,(H,17,19)(H,20,21). The number of carbonyl (C=O) groups is 2. The minimum atomic E-state index is -0.820. The zero-order chi connectivity index (χ0) is 15.5. The number of rotatable bonds is 4. The van der Waals surface area contributed by atoms with Gasteiger partial charge in [-0.05, 0) is 39.7 Å². The van der Waals surface area contributed by atoms with Gasteiger partial charge in [0.25, 0.3) is 0 Å². The topological polar surface area (TPSA) is 69.6 Å². The summed E-state index contributed by atoms with van der Waals surface area (Å²) in [5.41, 5.74) is -0.820. The van der Waals surface area contributed by atoms with Crippen molar-refractivity contribution < 1.29 is 14.7 Å². The van der Waals surface area contributed by atoms with Crippen LogP contribution < -0.4 is 5.32 Å². The van der Waals surface area contributed by atoms with Crippen molar-refractivity contribution in [3.63, 3.8) is 0 Å². The Morgan fingerprint density at radius 2 is 1.95 bits per heavy atom. The Morgan fingerprint density at radius 1 is 1.29 bits per heavy atom. The monoisotopic (exact) mass is 296 g/mol. The molecule has 1 amide bonds. The molecule has 0 spiro atoms. The van der Waals surface area contributed by atoms with Gasteiger partial charge in [-0.1, -0.05) is 19.3 Å². The molecule has 2 aliphatic rings. The van der Waals surface area contributed by atoms with E-state index >= 15 is 0 Å². The number of hydrogen-bond donors (Lipinski definition) is 2. The Balaban J connectivity index is 1.89. The average Bonchev–Trinajstić information content (AvgIpc) is 2.43. The number of carboxylic acid groups (broad SMARTS) is 1. The Morgan fingerprint density at radius 3 is 2.52 bits per heavy atom. The summed E-state index contributed by atoms with van der Waals surface area (Å²) in [6, 6.07) is 0.658. The van der Waals surface area contributed by atoms with Crippen LogP contribution in [0.5, 0.6) is 0 Å². The van der Waals surface area contributed by atoms with Crippen LogP contribution in [0.25, 0.3) is 0 Å². The Labute approximate surface area is 127 Å². The quantitative estimate of drug-likeness (QED) is 0.832. The van der Waals surface area contributed by atoms with Crippen molar-refractivity contribution in [1.82, 2.24) is 10.2 Å². The van der Waals surface area contributed by atoms with Gasteiger partial charge < -0.3 is 15.3 Å². The molecule has 0 aromatic rings. The molecule has 2 fully saturated rings. The predicted octanol–water partition coefficient (Wildman–Crippen LogP) is 2.01. The molecule has 21 heavy (non-hydrogen) atoms. The van der Waals surface area contributed by atoms with Gasteiger partial charge in [0.2, 0.25) is 5.91 Å². The predicted molar refractivity (Wildman–Crippen MR) is 81.0 cm³/mol. The number of nitrogens with one attached hydrogen (secondary N) is 1. The fourth-order valence-corrected chi connectivity index (χ4v) is 3.70. The number of aliphatic carboxylic acids is 1. The average molecular weight is 296 g/mol. The number of hydrogen-bond acceptors (Lipinski definition) is 3. The van der Waals surface area contributed by atoms with Crippen molar-refractivity contribution in [2.45, 2.75) is 70.4 Å². The van der Waals surface area contributed by atoms with Gasteiger partial charge in [-0.15, -0.1) is 0 Å². The molecule has 2 rings (SSSR count). The van der Waals surface area contributed by atoms with Gasteiger partial charge in [-0.2, -0.15) is 0 Å². The van der Waals surface area contributed by atoms with Crippen LogP contribution in [0.3, 0.4) is 0 Å². The molecule has 5 nitrogen and oxygen atoms in total. The van der Waals surface area contributed by atoms with Gasteiger partial charge in [0.1, 0.15) is 0 Å². The van der Waals surface area contributed by atoms with Gasteiger partial charge >= 0.3 is 5.97 Å².